The van der Waals surface area contributed by atoms with Gasteiger partial charge in [-0.3, -0.25) is 4.79 Å². The predicted octanol–water partition coefficient (Wildman–Crippen LogP) is 3.23. The molecule has 128 valence electrons. The lowest BCUT2D eigenvalue weighted by Gasteiger charge is -2.07. The second-order valence-electron chi connectivity index (χ2n) is 5.81. The molecule has 3 aromatic rings. The minimum absolute atomic E-state index is 0.0432. The Kier molecular flexibility index (Phi) is 5.80. The summed E-state index contributed by atoms with van der Waals surface area (Å²) in [6.07, 6.45) is 4.38. The van der Waals surface area contributed by atoms with Gasteiger partial charge in [0.05, 0.1) is 6.54 Å². The lowest BCUT2D eigenvalue weighted by atomic mass is 10.1. The first-order valence-corrected chi connectivity index (χ1v) is 8.48. The molecule has 0 spiro atoms. The molecule has 3 rings (SSSR count). The van der Waals surface area contributed by atoms with E-state index in [1.165, 1.54) is 6.33 Å². The fourth-order valence-electron chi connectivity index (χ4n) is 2.46. The highest BCUT2D eigenvalue weighted by Gasteiger charge is 2.03. The number of hydrogen-bond donors (Lipinski definition) is 1. The maximum absolute atomic E-state index is 12.0. The summed E-state index contributed by atoms with van der Waals surface area (Å²) in [5.74, 6) is 0.0432. The van der Waals surface area contributed by atoms with Crippen LogP contribution in [0.3, 0.4) is 0 Å². The Balaban J connectivity index is 1.43. The van der Waals surface area contributed by atoms with E-state index in [9.17, 15) is 4.79 Å². The molecule has 25 heavy (non-hydrogen) atoms. The van der Waals surface area contributed by atoms with Crippen LogP contribution in [0, 0.1) is 0 Å². The topological polar surface area (TPSA) is 59.8 Å². The minimum atomic E-state index is 0.0432. The molecular formula is C19H19ClN4O. The summed E-state index contributed by atoms with van der Waals surface area (Å²) < 4.78 is 1.77. The van der Waals surface area contributed by atoms with Gasteiger partial charge >= 0.3 is 0 Å². The SMILES string of the molecule is O=C(CCc1ccc(Cl)cc1)NCc1ccc(Cn2cncn2)cc1. The largest absolute Gasteiger partial charge is 0.352 e. The fourth-order valence-corrected chi connectivity index (χ4v) is 2.59. The summed E-state index contributed by atoms with van der Waals surface area (Å²) in [6, 6.07) is 15.7. The minimum Gasteiger partial charge on any atom is -0.352 e. The van der Waals surface area contributed by atoms with E-state index in [2.05, 4.69) is 15.4 Å². The van der Waals surface area contributed by atoms with E-state index in [-0.39, 0.29) is 5.91 Å². The van der Waals surface area contributed by atoms with Crippen LogP contribution in [0.25, 0.3) is 0 Å². The highest BCUT2D eigenvalue weighted by Crippen LogP contribution is 2.11. The van der Waals surface area contributed by atoms with E-state index in [1.54, 1.807) is 11.0 Å². The van der Waals surface area contributed by atoms with Crippen molar-refractivity contribution < 1.29 is 4.79 Å². The lowest BCUT2D eigenvalue weighted by molar-refractivity contribution is -0.121. The fraction of sp³-hybridized carbons (Fsp3) is 0.211. The molecule has 1 heterocycles. The van der Waals surface area contributed by atoms with Crippen molar-refractivity contribution in [2.45, 2.75) is 25.9 Å². The Hall–Kier alpha value is -2.66. The van der Waals surface area contributed by atoms with Gasteiger partial charge in [0.2, 0.25) is 5.91 Å². The Morgan fingerprint density at radius 2 is 1.68 bits per heavy atom. The number of nitrogens with one attached hydrogen (secondary N) is 1. The predicted molar refractivity (Wildman–Crippen MR) is 97.2 cm³/mol. The monoisotopic (exact) mass is 354 g/mol. The molecule has 1 N–H and O–H groups in total. The second-order valence-corrected chi connectivity index (χ2v) is 6.25. The third-order valence-corrected chi connectivity index (χ3v) is 4.13. The van der Waals surface area contributed by atoms with Gasteiger partial charge in [-0.1, -0.05) is 48.0 Å². The van der Waals surface area contributed by atoms with Crippen molar-refractivity contribution in [2.24, 2.45) is 0 Å². The number of hydrogen-bond acceptors (Lipinski definition) is 3. The van der Waals surface area contributed by atoms with Crippen LogP contribution in [0.2, 0.25) is 5.02 Å². The van der Waals surface area contributed by atoms with E-state index in [0.717, 1.165) is 16.7 Å². The standard InChI is InChI=1S/C19H19ClN4O/c20-18-8-5-15(6-9-18)7-10-19(25)22-11-16-1-3-17(4-2-16)12-24-14-21-13-23-24/h1-6,8-9,13-14H,7,10-12H2,(H,22,25). The molecule has 0 fully saturated rings. The van der Waals surface area contributed by atoms with Gasteiger partial charge in [0, 0.05) is 18.0 Å². The number of amides is 1. The van der Waals surface area contributed by atoms with Crippen LogP contribution in [0.15, 0.2) is 61.2 Å². The molecule has 0 unspecified atom stereocenters. The van der Waals surface area contributed by atoms with E-state index >= 15 is 0 Å². The summed E-state index contributed by atoms with van der Waals surface area (Å²) in [6.45, 7) is 1.22. The third-order valence-electron chi connectivity index (χ3n) is 3.88. The Bertz CT molecular complexity index is 798. The summed E-state index contributed by atoms with van der Waals surface area (Å²) in [7, 11) is 0. The van der Waals surface area contributed by atoms with Gasteiger partial charge in [0.25, 0.3) is 0 Å². The normalized spacial score (nSPS) is 10.6. The van der Waals surface area contributed by atoms with Gasteiger partial charge in [-0.25, -0.2) is 9.67 Å². The molecule has 0 saturated heterocycles. The highest BCUT2D eigenvalue weighted by atomic mass is 35.5. The maximum atomic E-state index is 12.0. The Labute approximate surface area is 151 Å². The number of halogens is 1. The van der Waals surface area contributed by atoms with Crippen LogP contribution in [0.1, 0.15) is 23.1 Å². The molecule has 1 amide bonds. The summed E-state index contributed by atoms with van der Waals surface area (Å²) in [5, 5.41) is 7.75. The molecule has 0 aliphatic heterocycles. The molecule has 0 aliphatic carbocycles. The number of aromatic nitrogens is 3. The molecule has 0 atom stereocenters. The average Bonchev–Trinajstić information content (AvgIpc) is 3.14. The van der Waals surface area contributed by atoms with Gasteiger partial charge in [-0.2, -0.15) is 5.10 Å². The first-order valence-electron chi connectivity index (χ1n) is 8.10. The van der Waals surface area contributed by atoms with E-state index < -0.39 is 0 Å². The van der Waals surface area contributed by atoms with Crippen LogP contribution >= 0.6 is 11.6 Å². The number of benzene rings is 2. The Morgan fingerprint density at radius 1 is 1.00 bits per heavy atom. The molecule has 1 aromatic heterocycles. The van der Waals surface area contributed by atoms with Crippen LogP contribution < -0.4 is 5.32 Å². The van der Waals surface area contributed by atoms with Crippen molar-refractivity contribution in [3.05, 3.63) is 82.9 Å². The van der Waals surface area contributed by atoms with Crippen molar-refractivity contribution in [1.29, 1.82) is 0 Å². The number of carbonyl (C=O) groups excluding carboxylic acids is 1. The average molecular weight is 355 g/mol. The quantitative estimate of drug-likeness (QED) is 0.708. The second kappa shape index (κ2) is 8.44. The van der Waals surface area contributed by atoms with Gasteiger partial charge in [0.15, 0.2) is 0 Å². The van der Waals surface area contributed by atoms with Crippen molar-refractivity contribution in [1.82, 2.24) is 20.1 Å². The van der Waals surface area contributed by atoms with Crippen LogP contribution in [-0.4, -0.2) is 20.7 Å². The molecule has 6 heteroatoms. The van der Waals surface area contributed by atoms with Crippen molar-refractivity contribution in [3.63, 3.8) is 0 Å². The zero-order valence-electron chi connectivity index (χ0n) is 13.7. The van der Waals surface area contributed by atoms with Crippen LogP contribution in [0.5, 0.6) is 0 Å². The third kappa shape index (κ3) is 5.43. The molecule has 5 nitrogen and oxygen atoms in total. The van der Waals surface area contributed by atoms with E-state index in [0.29, 0.717) is 31.0 Å². The molecule has 0 aliphatic rings. The first kappa shape index (κ1) is 17.2. The molecule has 2 aromatic carbocycles. The van der Waals surface area contributed by atoms with Crippen molar-refractivity contribution in [2.75, 3.05) is 0 Å². The maximum Gasteiger partial charge on any atom is 0.220 e. The highest BCUT2D eigenvalue weighted by molar-refractivity contribution is 6.30. The summed E-state index contributed by atoms with van der Waals surface area (Å²) >= 11 is 5.86. The molecule has 0 radical (unpaired) electrons. The van der Waals surface area contributed by atoms with Crippen LogP contribution in [0.4, 0.5) is 0 Å². The molecule has 0 bridgehead atoms. The zero-order chi connectivity index (χ0) is 17.5. The summed E-state index contributed by atoms with van der Waals surface area (Å²) in [5.41, 5.74) is 3.32. The smallest absolute Gasteiger partial charge is 0.220 e. The summed E-state index contributed by atoms with van der Waals surface area (Å²) in [4.78, 5) is 15.9. The van der Waals surface area contributed by atoms with Gasteiger partial charge in [-0.15, -0.1) is 0 Å². The first-order chi connectivity index (χ1) is 12.2. The molecular weight excluding hydrogens is 336 g/mol. The number of carbonyl (C=O) groups is 1. The molecule has 0 saturated carbocycles. The lowest BCUT2D eigenvalue weighted by Crippen LogP contribution is -2.23. The zero-order valence-corrected chi connectivity index (χ0v) is 14.5. The van der Waals surface area contributed by atoms with E-state index in [1.807, 2.05) is 48.5 Å². The van der Waals surface area contributed by atoms with Crippen LogP contribution in [-0.2, 0) is 24.3 Å². The van der Waals surface area contributed by atoms with E-state index in [4.69, 9.17) is 11.6 Å². The van der Waals surface area contributed by atoms with Crippen molar-refractivity contribution in [3.8, 4) is 0 Å². The van der Waals surface area contributed by atoms with Gasteiger partial charge < -0.3 is 5.32 Å². The van der Waals surface area contributed by atoms with Crippen molar-refractivity contribution >= 4 is 17.5 Å². The number of nitrogens with zero attached hydrogens (tertiary/aromatic N) is 3. The number of rotatable bonds is 7. The Morgan fingerprint density at radius 3 is 2.36 bits per heavy atom. The number of aryl methyl sites for hydroxylation is 1. The van der Waals surface area contributed by atoms with Gasteiger partial charge in [0.1, 0.15) is 12.7 Å². The van der Waals surface area contributed by atoms with Gasteiger partial charge in [-0.05, 0) is 35.2 Å².